The van der Waals surface area contributed by atoms with Crippen LogP contribution in [0.4, 0.5) is 5.82 Å². The fraction of sp³-hybridized carbons (Fsp3) is 0.375. The van der Waals surface area contributed by atoms with Gasteiger partial charge in [0.2, 0.25) is 0 Å². The minimum absolute atomic E-state index is 0.0828. The summed E-state index contributed by atoms with van der Waals surface area (Å²) in [5, 5.41) is 2.03. The van der Waals surface area contributed by atoms with Crippen LogP contribution in [0.25, 0.3) is 10.2 Å². The summed E-state index contributed by atoms with van der Waals surface area (Å²) in [6, 6.07) is 2.15. The number of piperazine rings is 1. The number of rotatable bonds is 2. The second-order valence-corrected chi connectivity index (χ2v) is 8.27. The van der Waals surface area contributed by atoms with Crippen molar-refractivity contribution in [2.24, 2.45) is 0 Å². The minimum Gasteiger partial charge on any atom is -0.352 e. The number of carbonyl (C=O) groups is 1. The molecule has 1 fully saturated rings. The highest BCUT2D eigenvalue weighted by molar-refractivity contribution is 7.18. The van der Waals surface area contributed by atoms with E-state index in [0.717, 1.165) is 39.0 Å². The lowest BCUT2D eigenvalue weighted by molar-refractivity contribution is 0.0751. The molecule has 24 heavy (non-hydrogen) atoms. The van der Waals surface area contributed by atoms with Crippen molar-refractivity contribution in [2.75, 3.05) is 31.1 Å². The molecule has 0 atom stereocenters. The maximum atomic E-state index is 12.5. The topological polar surface area (TPSA) is 62.2 Å². The SMILES string of the molecule is Cc1cc2c(N3CCN(C(=O)c4cnc(C)s4)CC3)ncnc2s1. The minimum atomic E-state index is 0.0828. The zero-order valence-electron chi connectivity index (χ0n) is 13.5. The number of carbonyl (C=O) groups excluding carboxylic acids is 1. The highest BCUT2D eigenvalue weighted by Crippen LogP contribution is 2.30. The zero-order valence-corrected chi connectivity index (χ0v) is 15.2. The van der Waals surface area contributed by atoms with Gasteiger partial charge in [-0.05, 0) is 19.9 Å². The van der Waals surface area contributed by atoms with Crippen molar-refractivity contribution in [3.05, 3.63) is 33.4 Å². The van der Waals surface area contributed by atoms with E-state index >= 15 is 0 Å². The summed E-state index contributed by atoms with van der Waals surface area (Å²) in [6.07, 6.45) is 3.31. The van der Waals surface area contributed by atoms with E-state index in [9.17, 15) is 4.79 Å². The van der Waals surface area contributed by atoms with Crippen molar-refractivity contribution in [3.8, 4) is 0 Å². The van der Waals surface area contributed by atoms with E-state index in [1.54, 1.807) is 23.9 Å². The molecule has 0 saturated carbocycles. The smallest absolute Gasteiger partial charge is 0.265 e. The average molecular weight is 359 g/mol. The van der Waals surface area contributed by atoms with Crippen LogP contribution < -0.4 is 4.90 Å². The van der Waals surface area contributed by atoms with Gasteiger partial charge in [-0.1, -0.05) is 0 Å². The largest absolute Gasteiger partial charge is 0.352 e. The molecular formula is C16H17N5OS2. The molecule has 124 valence electrons. The number of hydrogen-bond donors (Lipinski definition) is 0. The molecule has 0 bridgehead atoms. The molecule has 0 unspecified atom stereocenters. The Kier molecular flexibility index (Phi) is 3.93. The quantitative estimate of drug-likeness (QED) is 0.704. The van der Waals surface area contributed by atoms with E-state index in [4.69, 9.17) is 0 Å². The van der Waals surface area contributed by atoms with Crippen LogP contribution in [-0.2, 0) is 0 Å². The van der Waals surface area contributed by atoms with Crippen LogP contribution in [0.1, 0.15) is 19.6 Å². The molecule has 1 amide bonds. The number of thiazole rings is 1. The molecule has 1 aliphatic rings. The Morgan fingerprint density at radius 3 is 2.58 bits per heavy atom. The molecule has 3 aromatic rings. The fourth-order valence-corrected chi connectivity index (χ4v) is 4.54. The Hall–Kier alpha value is -2.06. The molecule has 0 spiro atoms. The van der Waals surface area contributed by atoms with Crippen LogP contribution in [0.5, 0.6) is 0 Å². The first kappa shape index (κ1) is 15.5. The van der Waals surface area contributed by atoms with Crippen LogP contribution in [0.3, 0.4) is 0 Å². The summed E-state index contributed by atoms with van der Waals surface area (Å²) in [7, 11) is 0. The van der Waals surface area contributed by atoms with E-state index in [-0.39, 0.29) is 5.91 Å². The number of thiophene rings is 1. The van der Waals surface area contributed by atoms with Crippen LogP contribution in [0.2, 0.25) is 0 Å². The third-order valence-corrected chi connectivity index (χ3v) is 5.99. The average Bonchev–Trinajstić information content (AvgIpc) is 3.18. The van der Waals surface area contributed by atoms with Gasteiger partial charge in [0.1, 0.15) is 21.9 Å². The lowest BCUT2D eigenvalue weighted by Crippen LogP contribution is -2.49. The predicted octanol–water partition coefficient (Wildman–Crippen LogP) is 2.73. The van der Waals surface area contributed by atoms with Gasteiger partial charge < -0.3 is 9.80 Å². The molecule has 4 heterocycles. The van der Waals surface area contributed by atoms with Crippen molar-refractivity contribution in [3.63, 3.8) is 0 Å². The normalized spacial score (nSPS) is 15.2. The van der Waals surface area contributed by atoms with Crippen molar-refractivity contribution >= 4 is 44.6 Å². The highest BCUT2D eigenvalue weighted by atomic mass is 32.1. The number of aromatic nitrogens is 3. The lowest BCUT2D eigenvalue weighted by atomic mass is 10.2. The molecule has 0 N–H and O–H groups in total. The first-order chi connectivity index (χ1) is 11.6. The fourth-order valence-electron chi connectivity index (χ4n) is 2.95. The second-order valence-electron chi connectivity index (χ2n) is 5.80. The molecule has 0 aliphatic carbocycles. The van der Waals surface area contributed by atoms with Crippen LogP contribution in [-0.4, -0.2) is 51.9 Å². The third-order valence-electron chi connectivity index (χ3n) is 4.13. The van der Waals surface area contributed by atoms with Gasteiger partial charge in [0, 0.05) is 31.1 Å². The first-order valence-corrected chi connectivity index (χ1v) is 9.43. The molecule has 0 aromatic carbocycles. The standard InChI is InChI=1S/C16H17N5OS2/c1-10-7-12-14(18-9-19-15(12)23-10)20-3-5-21(6-4-20)16(22)13-8-17-11(2)24-13/h7-9H,3-6H2,1-2H3. The van der Waals surface area contributed by atoms with Gasteiger partial charge in [0.15, 0.2) is 0 Å². The number of amides is 1. The maximum absolute atomic E-state index is 12.5. The number of nitrogens with zero attached hydrogens (tertiary/aromatic N) is 5. The summed E-state index contributed by atoms with van der Waals surface area (Å²) < 4.78 is 0. The Bertz CT molecular complexity index is 895. The van der Waals surface area contributed by atoms with Gasteiger partial charge in [0.25, 0.3) is 5.91 Å². The molecule has 3 aromatic heterocycles. The molecule has 4 rings (SSSR count). The summed E-state index contributed by atoms with van der Waals surface area (Å²) >= 11 is 3.14. The molecular weight excluding hydrogens is 342 g/mol. The van der Waals surface area contributed by atoms with E-state index in [1.165, 1.54) is 16.2 Å². The van der Waals surface area contributed by atoms with E-state index < -0.39 is 0 Å². The Balaban J connectivity index is 1.50. The maximum Gasteiger partial charge on any atom is 0.265 e. The lowest BCUT2D eigenvalue weighted by Gasteiger charge is -2.35. The Morgan fingerprint density at radius 1 is 1.08 bits per heavy atom. The molecule has 8 heteroatoms. The monoisotopic (exact) mass is 359 g/mol. The second kappa shape index (κ2) is 6.10. The van der Waals surface area contributed by atoms with E-state index in [2.05, 4.69) is 32.8 Å². The Labute approximate surface area is 147 Å². The van der Waals surface area contributed by atoms with Crippen molar-refractivity contribution < 1.29 is 4.79 Å². The third kappa shape index (κ3) is 2.76. The molecule has 0 radical (unpaired) electrons. The van der Waals surface area contributed by atoms with Crippen molar-refractivity contribution in [1.82, 2.24) is 19.9 Å². The number of anilines is 1. The summed E-state index contributed by atoms with van der Waals surface area (Å²) in [6.45, 7) is 6.97. The zero-order chi connectivity index (χ0) is 16.7. The summed E-state index contributed by atoms with van der Waals surface area (Å²) in [4.78, 5) is 32.7. The van der Waals surface area contributed by atoms with Crippen molar-refractivity contribution in [1.29, 1.82) is 0 Å². The Morgan fingerprint density at radius 2 is 1.88 bits per heavy atom. The number of aryl methyl sites for hydroxylation is 2. The molecule has 1 aliphatic heterocycles. The van der Waals surface area contributed by atoms with E-state index in [0.29, 0.717) is 13.1 Å². The van der Waals surface area contributed by atoms with Crippen molar-refractivity contribution in [2.45, 2.75) is 13.8 Å². The number of fused-ring (bicyclic) bond motifs is 1. The predicted molar refractivity (Wildman–Crippen MR) is 97.1 cm³/mol. The highest BCUT2D eigenvalue weighted by Gasteiger charge is 2.25. The van der Waals surface area contributed by atoms with Gasteiger partial charge in [-0.2, -0.15) is 0 Å². The van der Waals surface area contributed by atoms with Gasteiger partial charge in [-0.25, -0.2) is 15.0 Å². The molecule has 1 saturated heterocycles. The number of hydrogen-bond acceptors (Lipinski definition) is 7. The van der Waals surface area contributed by atoms with Crippen LogP contribution >= 0.6 is 22.7 Å². The first-order valence-electron chi connectivity index (χ1n) is 7.79. The van der Waals surface area contributed by atoms with Gasteiger partial charge in [0.05, 0.1) is 16.6 Å². The van der Waals surface area contributed by atoms with Gasteiger partial charge >= 0.3 is 0 Å². The molecule has 6 nitrogen and oxygen atoms in total. The van der Waals surface area contributed by atoms with E-state index in [1.807, 2.05) is 11.8 Å². The van der Waals surface area contributed by atoms with Crippen LogP contribution in [0, 0.1) is 13.8 Å². The van der Waals surface area contributed by atoms with Gasteiger partial charge in [-0.3, -0.25) is 4.79 Å². The van der Waals surface area contributed by atoms with Crippen LogP contribution in [0.15, 0.2) is 18.6 Å². The summed E-state index contributed by atoms with van der Waals surface area (Å²) in [5.41, 5.74) is 0. The summed E-state index contributed by atoms with van der Waals surface area (Å²) in [5.74, 6) is 1.06. The van der Waals surface area contributed by atoms with Gasteiger partial charge in [-0.15, -0.1) is 22.7 Å².